The number of nitrogens with zero attached hydrogens (tertiary/aromatic N) is 1. The van der Waals surface area contributed by atoms with Crippen molar-refractivity contribution >= 4 is 17.3 Å². The fourth-order valence-corrected chi connectivity index (χ4v) is 2.96. The Morgan fingerprint density at radius 2 is 1.30 bits per heavy atom. The third-order valence-electron chi connectivity index (χ3n) is 4.42. The molecule has 1 amide bonds. The Labute approximate surface area is 139 Å². The van der Waals surface area contributed by atoms with E-state index in [0.717, 1.165) is 18.6 Å². The summed E-state index contributed by atoms with van der Waals surface area (Å²) in [5.41, 5.74) is 10.7. The minimum absolute atomic E-state index is 0.163. The number of rotatable bonds is 2. The molecular weight excluding hydrogens is 286 g/mol. The summed E-state index contributed by atoms with van der Waals surface area (Å²) in [6, 6.07) is 6.92. The Morgan fingerprint density at radius 1 is 0.826 bits per heavy atom. The molecule has 1 aromatic rings. The van der Waals surface area contributed by atoms with E-state index < -0.39 is 0 Å². The zero-order chi connectivity index (χ0) is 16.3. The first-order valence-corrected chi connectivity index (χ1v) is 8.97. The molecule has 1 aliphatic carbocycles. The maximum atomic E-state index is 12.1. The quantitative estimate of drug-likeness (QED) is 0.615. The Hall–Kier alpha value is -1.84. The van der Waals surface area contributed by atoms with Gasteiger partial charge < -0.3 is 5.73 Å². The third kappa shape index (κ3) is 6.85. The van der Waals surface area contributed by atoms with Crippen LogP contribution >= 0.6 is 0 Å². The predicted molar refractivity (Wildman–Crippen MR) is 96.5 cm³/mol. The highest BCUT2D eigenvalue weighted by molar-refractivity contribution is 5.95. The number of nitrogen functional groups attached to an aromatic ring is 1. The fraction of sp³-hybridized carbons (Fsp3) is 0.579. The van der Waals surface area contributed by atoms with E-state index in [1.165, 1.54) is 57.8 Å². The second-order valence-corrected chi connectivity index (χ2v) is 6.42. The first-order chi connectivity index (χ1) is 11.3. The van der Waals surface area contributed by atoms with E-state index in [2.05, 4.69) is 10.5 Å². The number of hydrogen-bond donors (Lipinski definition) is 2. The highest BCUT2D eigenvalue weighted by atomic mass is 16.2. The largest absolute Gasteiger partial charge is 0.399 e. The molecular formula is C19H29N3O. The zero-order valence-corrected chi connectivity index (χ0v) is 14.0. The van der Waals surface area contributed by atoms with Crippen LogP contribution in [0.5, 0.6) is 0 Å². The monoisotopic (exact) mass is 315 g/mol. The van der Waals surface area contributed by atoms with Crippen molar-refractivity contribution in [3.63, 3.8) is 0 Å². The lowest BCUT2D eigenvalue weighted by Gasteiger charge is -2.10. The summed E-state index contributed by atoms with van der Waals surface area (Å²) in [5.74, 6) is -0.163. The molecule has 0 aromatic heterocycles. The zero-order valence-electron chi connectivity index (χ0n) is 14.0. The van der Waals surface area contributed by atoms with E-state index in [-0.39, 0.29) is 5.91 Å². The van der Waals surface area contributed by atoms with Gasteiger partial charge in [0.1, 0.15) is 0 Å². The lowest BCUT2D eigenvalue weighted by atomic mass is 10.00. The Morgan fingerprint density at radius 3 is 1.83 bits per heavy atom. The average Bonchev–Trinajstić information content (AvgIpc) is 2.55. The molecule has 1 saturated carbocycles. The van der Waals surface area contributed by atoms with Crippen molar-refractivity contribution in [2.75, 3.05) is 5.73 Å². The van der Waals surface area contributed by atoms with Crippen molar-refractivity contribution < 1.29 is 4.79 Å². The van der Waals surface area contributed by atoms with Crippen LogP contribution in [0, 0.1) is 0 Å². The predicted octanol–water partition coefficient (Wildman–Crippen LogP) is 4.66. The Bertz CT molecular complexity index is 494. The van der Waals surface area contributed by atoms with Gasteiger partial charge in [0.25, 0.3) is 5.91 Å². The van der Waals surface area contributed by atoms with E-state index >= 15 is 0 Å². The molecule has 3 N–H and O–H groups in total. The minimum atomic E-state index is -0.163. The van der Waals surface area contributed by atoms with Gasteiger partial charge in [-0.25, -0.2) is 5.43 Å². The molecule has 0 saturated heterocycles. The number of carbonyl (C=O) groups excluding carboxylic acids is 1. The highest BCUT2D eigenvalue weighted by Gasteiger charge is 2.06. The van der Waals surface area contributed by atoms with Crippen molar-refractivity contribution in [3.05, 3.63) is 29.8 Å². The number of amides is 1. The molecule has 1 aromatic carbocycles. The minimum Gasteiger partial charge on any atom is -0.399 e. The number of carbonyl (C=O) groups is 1. The lowest BCUT2D eigenvalue weighted by molar-refractivity contribution is 0.0954. The molecule has 23 heavy (non-hydrogen) atoms. The summed E-state index contributed by atoms with van der Waals surface area (Å²) < 4.78 is 0. The summed E-state index contributed by atoms with van der Waals surface area (Å²) in [7, 11) is 0. The molecule has 126 valence electrons. The van der Waals surface area contributed by atoms with Crippen molar-refractivity contribution in [1.29, 1.82) is 0 Å². The summed E-state index contributed by atoms with van der Waals surface area (Å²) in [6.07, 6.45) is 13.7. The Balaban J connectivity index is 1.88. The first-order valence-electron chi connectivity index (χ1n) is 8.97. The van der Waals surface area contributed by atoms with Gasteiger partial charge in [-0.1, -0.05) is 44.9 Å². The van der Waals surface area contributed by atoms with Gasteiger partial charge in [0.15, 0.2) is 0 Å². The number of nitrogens with two attached hydrogens (primary N) is 1. The molecule has 0 aliphatic heterocycles. The topological polar surface area (TPSA) is 67.5 Å². The van der Waals surface area contributed by atoms with Crippen molar-refractivity contribution in [1.82, 2.24) is 5.43 Å². The summed E-state index contributed by atoms with van der Waals surface area (Å²) in [6.45, 7) is 0. The molecule has 4 heteroatoms. The van der Waals surface area contributed by atoms with Crippen LogP contribution in [-0.2, 0) is 0 Å². The number of benzene rings is 1. The van der Waals surface area contributed by atoms with Gasteiger partial charge in [-0.05, 0) is 49.9 Å². The van der Waals surface area contributed by atoms with Gasteiger partial charge >= 0.3 is 0 Å². The molecule has 0 radical (unpaired) electrons. The normalized spacial score (nSPS) is 17.7. The summed E-state index contributed by atoms with van der Waals surface area (Å²) in [4.78, 5) is 12.1. The van der Waals surface area contributed by atoms with Gasteiger partial charge in [-0.15, -0.1) is 0 Å². The van der Waals surface area contributed by atoms with E-state index in [4.69, 9.17) is 5.73 Å². The van der Waals surface area contributed by atoms with E-state index in [9.17, 15) is 4.79 Å². The molecule has 0 bridgehead atoms. The van der Waals surface area contributed by atoms with E-state index in [0.29, 0.717) is 11.3 Å². The number of hydrazone groups is 1. The van der Waals surface area contributed by atoms with Crippen LogP contribution < -0.4 is 11.2 Å². The van der Waals surface area contributed by atoms with Crippen LogP contribution in [0.15, 0.2) is 29.4 Å². The first kappa shape index (κ1) is 17.5. The summed E-state index contributed by atoms with van der Waals surface area (Å²) >= 11 is 0. The molecule has 1 aliphatic rings. The number of hydrogen-bond acceptors (Lipinski definition) is 3. The second-order valence-electron chi connectivity index (χ2n) is 6.42. The van der Waals surface area contributed by atoms with E-state index in [1.54, 1.807) is 24.3 Å². The molecule has 0 spiro atoms. The standard InChI is InChI=1S/C19H29N3O/c20-17-14-12-16(13-15-17)19(23)22-21-18-10-8-6-4-2-1-3-5-7-9-11-18/h12-15H,1-11,20H2,(H,22,23). The molecule has 0 atom stereocenters. The maximum absolute atomic E-state index is 12.1. The maximum Gasteiger partial charge on any atom is 0.271 e. The number of anilines is 1. The van der Waals surface area contributed by atoms with Gasteiger partial charge in [0.05, 0.1) is 0 Å². The van der Waals surface area contributed by atoms with Crippen molar-refractivity contribution in [2.24, 2.45) is 5.10 Å². The molecule has 2 rings (SSSR count). The van der Waals surface area contributed by atoms with Crippen LogP contribution in [-0.4, -0.2) is 11.6 Å². The molecule has 0 unspecified atom stereocenters. The Kier molecular flexibility index (Phi) is 7.64. The smallest absolute Gasteiger partial charge is 0.271 e. The third-order valence-corrected chi connectivity index (χ3v) is 4.42. The van der Waals surface area contributed by atoms with Crippen LogP contribution in [0.1, 0.15) is 81.0 Å². The lowest BCUT2D eigenvalue weighted by Crippen LogP contribution is -2.20. The second kappa shape index (κ2) is 10.0. The fourth-order valence-electron chi connectivity index (χ4n) is 2.96. The summed E-state index contributed by atoms with van der Waals surface area (Å²) in [5, 5.41) is 4.40. The van der Waals surface area contributed by atoms with Gasteiger partial charge in [0.2, 0.25) is 0 Å². The van der Waals surface area contributed by atoms with E-state index in [1.807, 2.05) is 0 Å². The van der Waals surface area contributed by atoms with Gasteiger partial charge in [-0.3, -0.25) is 4.79 Å². The van der Waals surface area contributed by atoms with Crippen LogP contribution in [0.2, 0.25) is 0 Å². The highest BCUT2D eigenvalue weighted by Crippen LogP contribution is 2.15. The SMILES string of the molecule is Nc1ccc(C(=O)NN=C2CCCCCCCCCCC2)cc1. The molecule has 1 fully saturated rings. The van der Waals surface area contributed by atoms with Crippen molar-refractivity contribution in [3.8, 4) is 0 Å². The van der Waals surface area contributed by atoms with Gasteiger partial charge in [-0.2, -0.15) is 5.10 Å². The van der Waals surface area contributed by atoms with Crippen molar-refractivity contribution in [2.45, 2.75) is 70.6 Å². The van der Waals surface area contributed by atoms with Crippen LogP contribution in [0.25, 0.3) is 0 Å². The van der Waals surface area contributed by atoms with Gasteiger partial charge in [0, 0.05) is 17.0 Å². The van der Waals surface area contributed by atoms with Crippen LogP contribution in [0.3, 0.4) is 0 Å². The van der Waals surface area contributed by atoms with Crippen LogP contribution in [0.4, 0.5) is 5.69 Å². The average molecular weight is 315 g/mol. The molecule has 4 nitrogen and oxygen atoms in total. The number of nitrogens with one attached hydrogen (secondary N) is 1. The molecule has 0 heterocycles.